The van der Waals surface area contributed by atoms with Crippen molar-refractivity contribution in [2.24, 2.45) is 0 Å². The van der Waals surface area contributed by atoms with E-state index >= 15 is 0 Å². The second kappa shape index (κ2) is 7.67. The SMILES string of the molecule is O=c1ccc(-c2cccnc2)nn1CCOc1ccnc2cc(Br)ccc12. The molecule has 27 heavy (non-hydrogen) atoms. The van der Waals surface area contributed by atoms with Gasteiger partial charge >= 0.3 is 0 Å². The van der Waals surface area contributed by atoms with Crippen LogP contribution < -0.4 is 10.3 Å². The summed E-state index contributed by atoms with van der Waals surface area (Å²) < 4.78 is 8.26. The maximum Gasteiger partial charge on any atom is 0.266 e. The summed E-state index contributed by atoms with van der Waals surface area (Å²) in [6, 6.07) is 14.6. The van der Waals surface area contributed by atoms with Gasteiger partial charge in [0.05, 0.1) is 17.8 Å². The van der Waals surface area contributed by atoms with Crippen LogP contribution in [0, 0.1) is 0 Å². The van der Waals surface area contributed by atoms with Gasteiger partial charge < -0.3 is 4.74 Å². The van der Waals surface area contributed by atoms with Gasteiger partial charge in [0.15, 0.2) is 0 Å². The minimum Gasteiger partial charge on any atom is -0.491 e. The van der Waals surface area contributed by atoms with Crippen molar-refractivity contribution in [3.8, 4) is 17.0 Å². The van der Waals surface area contributed by atoms with E-state index in [2.05, 4.69) is 31.0 Å². The van der Waals surface area contributed by atoms with Gasteiger partial charge in [0.2, 0.25) is 0 Å². The van der Waals surface area contributed by atoms with Crippen LogP contribution >= 0.6 is 15.9 Å². The standard InChI is InChI=1S/C20H15BrN4O2/c21-15-3-4-16-18(12-15)23-9-7-19(16)27-11-10-25-20(26)6-5-17(24-25)14-2-1-8-22-13-14/h1-9,12-13H,10-11H2. The molecule has 0 aliphatic heterocycles. The highest BCUT2D eigenvalue weighted by molar-refractivity contribution is 9.10. The minimum atomic E-state index is -0.172. The lowest BCUT2D eigenvalue weighted by atomic mass is 10.2. The lowest BCUT2D eigenvalue weighted by Gasteiger charge is -2.10. The number of hydrogen-bond donors (Lipinski definition) is 0. The van der Waals surface area contributed by atoms with Gasteiger partial charge in [-0.1, -0.05) is 15.9 Å². The fourth-order valence-electron chi connectivity index (χ4n) is 2.74. The zero-order valence-corrected chi connectivity index (χ0v) is 15.8. The number of pyridine rings is 2. The van der Waals surface area contributed by atoms with E-state index in [9.17, 15) is 4.79 Å². The predicted octanol–water partition coefficient (Wildman–Crippen LogP) is 3.70. The molecule has 1 aromatic carbocycles. The summed E-state index contributed by atoms with van der Waals surface area (Å²) >= 11 is 3.44. The average molecular weight is 423 g/mol. The normalized spacial score (nSPS) is 10.9. The Bertz CT molecular complexity index is 1150. The third kappa shape index (κ3) is 3.88. The van der Waals surface area contributed by atoms with Crippen LogP contribution in [0.3, 0.4) is 0 Å². The number of hydrogen-bond acceptors (Lipinski definition) is 5. The lowest BCUT2D eigenvalue weighted by Crippen LogP contribution is -2.25. The summed E-state index contributed by atoms with van der Waals surface area (Å²) in [5.74, 6) is 0.726. The van der Waals surface area contributed by atoms with Crippen molar-refractivity contribution in [3.05, 3.63) is 81.9 Å². The molecule has 0 fully saturated rings. The molecule has 0 saturated carbocycles. The van der Waals surface area contributed by atoms with E-state index in [1.807, 2.05) is 36.4 Å². The largest absolute Gasteiger partial charge is 0.491 e. The highest BCUT2D eigenvalue weighted by Gasteiger charge is 2.06. The van der Waals surface area contributed by atoms with Crippen molar-refractivity contribution in [1.29, 1.82) is 0 Å². The maximum absolute atomic E-state index is 12.1. The first kappa shape index (κ1) is 17.4. The van der Waals surface area contributed by atoms with Crippen molar-refractivity contribution in [1.82, 2.24) is 19.7 Å². The molecule has 134 valence electrons. The molecule has 0 aliphatic carbocycles. The summed E-state index contributed by atoms with van der Waals surface area (Å²) in [6.07, 6.45) is 5.12. The quantitative estimate of drug-likeness (QED) is 0.490. The van der Waals surface area contributed by atoms with Gasteiger partial charge in [-0.2, -0.15) is 5.10 Å². The van der Waals surface area contributed by atoms with E-state index in [1.54, 1.807) is 24.7 Å². The molecule has 0 amide bonds. The Morgan fingerprint density at radius 3 is 2.85 bits per heavy atom. The molecule has 0 saturated heterocycles. The number of ether oxygens (including phenoxy) is 1. The van der Waals surface area contributed by atoms with Crippen LogP contribution in [0.1, 0.15) is 0 Å². The third-order valence-corrected chi connectivity index (χ3v) is 4.54. The number of halogens is 1. The van der Waals surface area contributed by atoms with Gasteiger partial charge in [0, 0.05) is 40.1 Å². The fourth-order valence-corrected chi connectivity index (χ4v) is 3.09. The molecule has 0 atom stereocenters. The third-order valence-electron chi connectivity index (χ3n) is 4.05. The Balaban J connectivity index is 1.52. The minimum absolute atomic E-state index is 0.172. The predicted molar refractivity (Wildman–Crippen MR) is 107 cm³/mol. The first-order valence-corrected chi connectivity index (χ1v) is 9.16. The van der Waals surface area contributed by atoms with Crippen molar-refractivity contribution in [2.75, 3.05) is 6.61 Å². The number of rotatable bonds is 5. The summed E-state index contributed by atoms with van der Waals surface area (Å²) in [7, 11) is 0. The summed E-state index contributed by atoms with van der Waals surface area (Å²) in [5, 5.41) is 5.33. The second-order valence-corrected chi connectivity index (χ2v) is 6.76. The van der Waals surface area contributed by atoms with Gasteiger partial charge in [-0.05, 0) is 42.5 Å². The number of benzene rings is 1. The van der Waals surface area contributed by atoms with Gasteiger partial charge in [0.1, 0.15) is 12.4 Å². The zero-order chi connectivity index (χ0) is 18.6. The highest BCUT2D eigenvalue weighted by atomic mass is 79.9. The Labute approximate surface area is 163 Å². The topological polar surface area (TPSA) is 69.9 Å². The van der Waals surface area contributed by atoms with Crippen molar-refractivity contribution in [2.45, 2.75) is 6.54 Å². The van der Waals surface area contributed by atoms with E-state index in [1.165, 1.54) is 10.7 Å². The maximum atomic E-state index is 12.1. The molecule has 4 rings (SSSR count). The van der Waals surface area contributed by atoms with Crippen LogP contribution in [0.2, 0.25) is 0 Å². The van der Waals surface area contributed by atoms with Gasteiger partial charge in [0.25, 0.3) is 5.56 Å². The van der Waals surface area contributed by atoms with Crippen LogP contribution in [0.15, 0.2) is 76.4 Å². The molecule has 0 N–H and O–H groups in total. The van der Waals surface area contributed by atoms with Gasteiger partial charge in [-0.15, -0.1) is 0 Å². The van der Waals surface area contributed by atoms with E-state index in [0.717, 1.165) is 26.7 Å². The highest BCUT2D eigenvalue weighted by Crippen LogP contribution is 2.26. The molecule has 6 nitrogen and oxygen atoms in total. The molecule has 7 heteroatoms. The first-order chi connectivity index (χ1) is 13.2. The smallest absolute Gasteiger partial charge is 0.266 e. The van der Waals surface area contributed by atoms with Crippen LogP contribution in [-0.2, 0) is 6.54 Å². The van der Waals surface area contributed by atoms with Crippen LogP contribution in [0.5, 0.6) is 5.75 Å². The lowest BCUT2D eigenvalue weighted by molar-refractivity contribution is 0.291. The van der Waals surface area contributed by atoms with Gasteiger partial charge in [-0.25, -0.2) is 4.68 Å². The molecule has 0 spiro atoms. The molecule has 0 bridgehead atoms. The Morgan fingerprint density at radius 2 is 2.00 bits per heavy atom. The first-order valence-electron chi connectivity index (χ1n) is 8.36. The Morgan fingerprint density at radius 1 is 1.07 bits per heavy atom. The number of nitrogens with zero attached hydrogens (tertiary/aromatic N) is 4. The number of aromatic nitrogens is 4. The zero-order valence-electron chi connectivity index (χ0n) is 14.2. The summed E-state index contributed by atoms with van der Waals surface area (Å²) in [5.41, 5.74) is 2.23. The summed E-state index contributed by atoms with van der Waals surface area (Å²) in [4.78, 5) is 20.5. The average Bonchev–Trinajstić information content (AvgIpc) is 2.70. The van der Waals surface area contributed by atoms with Crippen LogP contribution in [0.25, 0.3) is 22.2 Å². The molecule has 0 aliphatic rings. The van der Waals surface area contributed by atoms with E-state index in [0.29, 0.717) is 18.8 Å². The summed E-state index contributed by atoms with van der Waals surface area (Å²) in [6.45, 7) is 0.659. The second-order valence-electron chi connectivity index (χ2n) is 5.84. The van der Waals surface area contributed by atoms with E-state index in [4.69, 9.17) is 4.74 Å². The van der Waals surface area contributed by atoms with Crippen molar-refractivity contribution >= 4 is 26.8 Å². The van der Waals surface area contributed by atoms with E-state index in [-0.39, 0.29) is 5.56 Å². The Hall–Kier alpha value is -3.06. The van der Waals surface area contributed by atoms with Gasteiger partial charge in [-0.3, -0.25) is 14.8 Å². The molecular weight excluding hydrogens is 408 g/mol. The number of fused-ring (bicyclic) bond motifs is 1. The fraction of sp³-hybridized carbons (Fsp3) is 0.100. The van der Waals surface area contributed by atoms with E-state index < -0.39 is 0 Å². The molecular formula is C20H15BrN4O2. The molecule has 3 aromatic heterocycles. The van der Waals surface area contributed by atoms with Crippen molar-refractivity contribution < 1.29 is 4.74 Å². The molecule has 3 heterocycles. The Kier molecular flexibility index (Phi) is 4.93. The van der Waals surface area contributed by atoms with Crippen LogP contribution in [-0.4, -0.2) is 26.4 Å². The van der Waals surface area contributed by atoms with Crippen molar-refractivity contribution in [3.63, 3.8) is 0 Å². The molecule has 4 aromatic rings. The molecule has 0 radical (unpaired) electrons. The van der Waals surface area contributed by atoms with Crippen LogP contribution in [0.4, 0.5) is 0 Å². The monoisotopic (exact) mass is 422 g/mol. The molecule has 0 unspecified atom stereocenters.